The molecule has 0 radical (unpaired) electrons. The maximum Gasteiger partial charge on any atom is 0.239 e. The van der Waals surface area contributed by atoms with Gasteiger partial charge < -0.3 is 0 Å². The van der Waals surface area contributed by atoms with Gasteiger partial charge >= 0.3 is 0 Å². The molecule has 5 nitrogen and oxygen atoms in total. The molecule has 0 bridgehead atoms. The van der Waals surface area contributed by atoms with E-state index in [1.54, 1.807) is 12.3 Å². The quantitative estimate of drug-likeness (QED) is 0.830. The van der Waals surface area contributed by atoms with Crippen molar-refractivity contribution in [1.29, 1.82) is 0 Å². The molecule has 3 N–H and O–H groups in total. The summed E-state index contributed by atoms with van der Waals surface area (Å²) in [5.74, 6) is 0. The lowest BCUT2D eigenvalue weighted by Gasteiger charge is -2.15. The van der Waals surface area contributed by atoms with E-state index < -0.39 is 10.0 Å². The summed E-state index contributed by atoms with van der Waals surface area (Å²) >= 11 is 1.36. The van der Waals surface area contributed by atoms with E-state index in [4.69, 9.17) is 9.98 Å². The molecule has 1 aromatic heterocycles. The van der Waals surface area contributed by atoms with Crippen molar-refractivity contribution in [2.75, 3.05) is 6.61 Å². The fraction of sp³-hybridized carbons (Fsp3) is 0.333. The summed E-state index contributed by atoms with van der Waals surface area (Å²) in [7, 11) is -3.70. The molecule has 0 amide bonds. The molecule has 0 saturated carbocycles. The van der Waals surface area contributed by atoms with Crippen LogP contribution in [0, 0.1) is 6.92 Å². The highest BCUT2D eigenvalue weighted by Gasteiger charge is 2.22. The van der Waals surface area contributed by atoms with E-state index in [0.29, 0.717) is 22.7 Å². The third-order valence-corrected chi connectivity index (χ3v) is 4.38. The van der Waals surface area contributed by atoms with Crippen LogP contribution in [0.2, 0.25) is 0 Å². The lowest BCUT2D eigenvalue weighted by Crippen LogP contribution is -2.21. The summed E-state index contributed by atoms with van der Waals surface area (Å²) < 4.78 is 22.9. The van der Waals surface area contributed by atoms with Crippen molar-refractivity contribution in [2.24, 2.45) is 5.14 Å². The zero-order chi connectivity index (χ0) is 11.8. The van der Waals surface area contributed by atoms with Gasteiger partial charge in [-0.25, -0.2) is 13.6 Å². The van der Waals surface area contributed by atoms with Crippen LogP contribution in [0.25, 0.3) is 5.70 Å². The highest BCUT2D eigenvalue weighted by molar-refractivity contribution is 7.89. The standard InChI is InChI=1S/C9H12N2O3S2/c1-6-9(16(10,12)13)7(5-15-6)8-3-2-4-14-11-8/h3,5,11H,2,4H2,1H3,(H2,10,12,13). The molecular formula is C9H12N2O3S2. The molecule has 1 aliphatic heterocycles. The fourth-order valence-corrected chi connectivity index (χ4v) is 3.78. The molecule has 0 aromatic carbocycles. The molecule has 0 spiro atoms. The molecule has 0 fully saturated rings. The summed E-state index contributed by atoms with van der Waals surface area (Å²) in [6.07, 6.45) is 2.65. The molecule has 16 heavy (non-hydrogen) atoms. The zero-order valence-electron chi connectivity index (χ0n) is 8.69. The van der Waals surface area contributed by atoms with Gasteiger partial charge in [0.25, 0.3) is 0 Å². The predicted octanol–water partition coefficient (Wildman–Crippen LogP) is 0.970. The molecule has 0 atom stereocenters. The first-order valence-electron chi connectivity index (χ1n) is 4.69. The monoisotopic (exact) mass is 260 g/mol. The van der Waals surface area contributed by atoms with Gasteiger partial charge in [-0.2, -0.15) is 0 Å². The molecule has 0 saturated heterocycles. The Morgan fingerprint density at radius 2 is 2.31 bits per heavy atom. The number of thiophene rings is 1. The highest BCUT2D eigenvalue weighted by Crippen LogP contribution is 2.30. The minimum Gasteiger partial charge on any atom is -0.276 e. The zero-order valence-corrected chi connectivity index (χ0v) is 10.3. The van der Waals surface area contributed by atoms with Crippen molar-refractivity contribution in [3.8, 4) is 0 Å². The number of nitrogens with two attached hydrogens (primary N) is 1. The normalized spacial score (nSPS) is 16.8. The Morgan fingerprint density at radius 3 is 2.88 bits per heavy atom. The van der Waals surface area contributed by atoms with Crippen LogP contribution in [0.3, 0.4) is 0 Å². The molecule has 7 heteroatoms. The van der Waals surface area contributed by atoms with Crippen LogP contribution in [0.4, 0.5) is 0 Å². The van der Waals surface area contributed by atoms with E-state index in [2.05, 4.69) is 5.48 Å². The summed E-state index contributed by atoms with van der Waals surface area (Å²) in [4.78, 5) is 5.93. The SMILES string of the molecule is Cc1scc(C2=CCCON2)c1S(N)(=O)=O. The third-order valence-electron chi connectivity index (χ3n) is 2.24. The molecule has 2 heterocycles. The second-order valence-corrected chi connectivity index (χ2v) is 6.02. The molecule has 88 valence electrons. The highest BCUT2D eigenvalue weighted by atomic mass is 32.2. The summed E-state index contributed by atoms with van der Waals surface area (Å²) in [6.45, 7) is 2.31. The van der Waals surface area contributed by atoms with Crippen LogP contribution in [-0.4, -0.2) is 15.0 Å². The van der Waals surface area contributed by atoms with E-state index in [1.807, 2.05) is 6.08 Å². The molecule has 1 aliphatic rings. The summed E-state index contributed by atoms with van der Waals surface area (Å²) in [5, 5.41) is 6.96. The van der Waals surface area contributed by atoms with Crippen molar-refractivity contribution in [1.82, 2.24) is 5.48 Å². The van der Waals surface area contributed by atoms with E-state index in [0.717, 1.165) is 6.42 Å². The smallest absolute Gasteiger partial charge is 0.239 e. The van der Waals surface area contributed by atoms with E-state index in [9.17, 15) is 8.42 Å². The third kappa shape index (κ3) is 2.12. The predicted molar refractivity (Wildman–Crippen MR) is 62.1 cm³/mol. The number of primary sulfonamides is 1. The first kappa shape index (κ1) is 11.6. The Hall–Kier alpha value is -0.890. The van der Waals surface area contributed by atoms with Crippen LogP contribution in [0.1, 0.15) is 16.9 Å². The average molecular weight is 260 g/mol. The minimum atomic E-state index is -3.70. The van der Waals surface area contributed by atoms with Crippen LogP contribution in [0.5, 0.6) is 0 Å². The van der Waals surface area contributed by atoms with Gasteiger partial charge in [-0.3, -0.25) is 10.3 Å². The molecular weight excluding hydrogens is 248 g/mol. The van der Waals surface area contributed by atoms with Crippen molar-refractivity contribution in [3.05, 3.63) is 21.9 Å². The number of hydrogen-bond donors (Lipinski definition) is 2. The summed E-state index contributed by atoms with van der Waals surface area (Å²) in [5.41, 5.74) is 3.96. The van der Waals surface area contributed by atoms with E-state index in [-0.39, 0.29) is 4.90 Å². The van der Waals surface area contributed by atoms with Crippen molar-refractivity contribution >= 4 is 27.1 Å². The Bertz CT molecular complexity index is 531. The lowest BCUT2D eigenvalue weighted by molar-refractivity contribution is 0.0740. The number of hydrogen-bond acceptors (Lipinski definition) is 5. The van der Waals surface area contributed by atoms with Gasteiger partial charge in [-0.15, -0.1) is 11.3 Å². The Labute approximate surface area is 97.9 Å². The number of hydroxylamine groups is 1. The molecule has 2 rings (SSSR count). The molecule has 0 aliphatic carbocycles. The molecule has 0 unspecified atom stereocenters. The number of nitrogens with one attached hydrogen (secondary N) is 1. The second kappa shape index (κ2) is 4.17. The first-order valence-corrected chi connectivity index (χ1v) is 7.12. The van der Waals surface area contributed by atoms with E-state index in [1.165, 1.54) is 11.3 Å². The largest absolute Gasteiger partial charge is 0.276 e. The Kier molecular flexibility index (Phi) is 3.02. The van der Waals surface area contributed by atoms with Gasteiger partial charge in [-0.05, 0) is 13.3 Å². The number of rotatable bonds is 2. The van der Waals surface area contributed by atoms with Gasteiger partial charge in [0.2, 0.25) is 10.0 Å². The lowest BCUT2D eigenvalue weighted by atomic mass is 10.2. The number of aryl methyl sites for hydroxylation is 1. The topological polar surface area (TPSA) is 81.4 Å². The van der Waals surface area contributed by atoms with Crippen molar-refractivity contribution in [3.63, 3.8) is 0 Å². The van der Waals surface area contributed by atoms with Gasteiger partial charge in [-0.1, -0.05) is 6.08 Å². The van der Waals surface area contributed by atoms with Crippen LogP contribution < -0.4 is 10.6 Å². The maximum atomic E-state index is 11.5. The second-order valence-electron chi connectivity index (χ2n) is 3.44. The number of sulfonamides is 1. The molecule has 1 aromatic rings. The minimum absolute atomic E-state index is 0.182. The van der Waals surface area contributed by atoms with Gasteiger partial charge in [0.1, 0.15) is 4.90 Å². The van der Waals surface area contributed by atoms with Crippen LogP contribution in [-0.2, 0) is 14.9 Å². The van der Waals surface area contributed by atoms with Crippen LogP contribution in [0.15, 0.2) is 16.4 Å². The Morgan fingerprint density at radius 1 is 1.56 bits per heavy atom. The van der Waals surface area contributed by atoms with Crippen molar-refractivity contribution < 1.29 is 13.3 Å². The van der Waals surface area contributed by atoms with Gasteiger partial charge in [0, 0.05) is 15.8 Å². The fourth-order valence-electron chi connectivity index (χ4n) is 1.58. The average Bonchev–Trinajstić information content (AvgIpc) is 2.61. The van der Waals surface area contributed by atoms with Gasteiger partial charge in [0.15, 0.2) is 0 Å². The Balaban J connectivity index is 2.54. The summed E-state index contributed by atoms with van der Waals surface area (Å²) in [6, 6.07) is 0. The first-order chi connectivity index (χ1) is 7.50. The van der Waals surface area contributed by atoms with Crippen LogP contribution >= 0.6 is 11.3 Å². The van der Waals surface area contributed by atoms with Gasteiger partial charge in [0.05, 0.1) is 12.3 Å². The maximum absolute atomic E-state index is 11.5. The van der Waals surface area contributed by atoms with Crippen molar-refractivity contribution in [2.45, 2.75) is 18.2 Å². The van der Waals surface area contributed by atoms with E-state index >= 15 is 0 Å².